The Labute approximate surface area is 263 Å². The molecule has 8 rings (SSSR count). The molecule has 44 heavy (non-hydrogen) atoms. The number of hydrogen-bond acceptors (Lipinski definition) is 6. The van der Waals surface area contributed by atoms with E-state index in [0.29, 0.717) is 16.5 Å². The molecular weight excluding hydrogens is 574 g/mol. The minimum Gasteiger partial charge on any atom is -0.618 e. The number of carbonyl (C=O) groups excluding carboxylic acids is 1. The van der Waals surface area contributed by atoms with Crippen molar-refractivity contribution in [1.29, 1.82) is 0 Å². The van der Waals surface area contributed by atoms with Gasteiger partial charge in [-0.1, -0.05) is 55.1 Å². The normalized spacial score (nSPS) is 32.4. The van der Waals surface area contributed by atoms with E-state index in [-0.39, 0.29) is 36.3 Å². The summed E-state index contributed by atoms with van der Waals surface area (Å²) in [6.45, 7) is 2.09. The number of nitrogens with one attached hydrogen (secondary N) is 2. The maximum absolute atomic E-state index is 13.3. The van der Waals surface area contributed by atoms with Crippen LogP contribution in [0.1, 0.15) is 74.5 Å². The van der Waals surface area contributed by atoms with Gasteiger partial charge in [0.05, 0.1) is 18.8 Å². The average molecular weight is 616 g/mol. The zero-order chi connectivity index (χ0) is 30.3. The monoisotopic (exact) mass is 615 g/mol. The number of aromatic nitrogens is 1. The fourth-order valence-corrected chi connectivity index (χ4v) is 9.51. The van der Waals surface area contributed by atoms with Gasteiger partial charge in [0.2, 0.25) is 0 Å². The Hall–Kier alpha value is -3.11. The molecule has 1 aliphatic heterocycles. The highest BCUT2D eigenvalue weighted by Crippen LogP contribution is 2.55. The highest BCUT2D eigenvalue weighted by Gasteiger charge is 2.51. The van der Waals surface area contributed by atoms with Crippen LogP contribution in [-0.2, 0) is 16.1 Å². The number of pyridine rings is 1. The highest BCUT2D eigenvalue weighted by molar-refractivity contribution is 7.99. The summed E-state index contributed by atoms with van der Waals surface area (Å²) in [6.07, 6.45) is 7.66. The van der Waals surface area contributed by atoms with Crippen molar-refractivity contribution < 1.29 is 24.1 Å². The summed E-state index contributed by atoms with van der Waals surface area (Å²) in [4.78, 5) is 13.3. The lowest BCUT2D eigenvalue weighted by Gasteiger charge is -2.56. The van der Waals surface area contributed by atoms with Crippen LogP contribution in [0, 0.1) is 28.9 Å². The van der Waals surface area contributed by atoms with Crippen LogP contribution in [-0.4, -0.2) is 28.5 Å². The molecule has 5 aliphatic rings. The van der Waals surface area contributed by atoms with E-state index in [1.807, 2.05) is 60.7 Å². The second-order valence-corrected chi connectivity index (χ2v) is 14.4. The van der Waals surface area contributed by atoms with Crippen molar-refractivity contribution in [1.82, 2.24) is 5.32 Å². The van der Waals surface area contributed by atoms with Gasteiger partial charge in [-0.25, -0.2) is 4.79 Å². The first-order valence-corrected chi connectivity index (χ1v) is 16.9. The first-order valence-electron chi connectivity index (χ1n) is 15.9. The molecule has 1 aromatic heterocycles. The third-order valence-electron chi connectivity index (χ3n) is 10.1. The van der Waals surface area contributed by atoms with Crippen molar-refractivity contribution >= 4 is 23.5 Å². The molecule has 0 spiro atoms. The van der Waals surface area contributed by atoms with Crippen LogP contribution >= 0.6 is 11.8 Å². The van der Waals surface area contributed by atoms with Crippen LogP contribution in [0.3, 0.4) is 0 Å². The number of nitrogens with zero attached hydrogens (tertiary/aromatic N) is 1. The number of thioether (sulfide) groups is 1. The number of hydrogen-bond donors (Lipinski definition) is 3. The summed E-state index contributed by atoms with van der Waals surface area (Å²) in [7, 11) is 0. The molecule has 4 atom stereocenters. The smallest absolute Gasteiger partial charge is 0.319 e. The summed E-state index contributed by atoms with van der Waals surface area (Å²) in [5, 5.41) is 29.0. The van der Waals surface area contributed by atoms with Crippen molar-refractivity contribution in [2.24, 2.45) is 23.7 Å². The van der Waals surface area contributed by atoms with Gasteiger partial charge in [0, 0.05) is 40.6 Å². The Balaban J connectivity index is 1.08. The van der Waals surface area contributed by atoms with E-state index in [1.54, 1.807) is 6.07 Å². The number of amides is 2. The molecule has 4 aliphatic carbocycles. The molecule has 3 aromatic rings. The second-order valence-electron chi connectivity index (χ2n) is 13.4. The minimum absolute atomic E-state index is 0.00472. The average Bonchev–Trinajstić information content (AvgIpc) is 3.00. The lowest BCUT2D eigenvalue weighted by molar-refractivity contribution is -0.645. The number of benzene rings is 2. The van der Waals surface area contributed by atoms with Gasteiger partial charge in [-0.3, -0.25) is 0 Å². The Kier molecular flexibility index (Phi) is 8.31. The predicted molar refractivity (Wildman–Crippen MR) is 169 cm³/mol. The predicted octanol–water partition coefficient (Wildman–Crippen LogP) is 6.49. The molecule has 1 saturated heterocycles. The van der Waals surface area contributed by atoms with Crippen molar-refractivity contribution in [2.45, 2.75) is 81.1 Å². The van der Waals surface area contributed by atoms with Crippen LogP contribution in [0.4, 0.5) is 10.5 Å². The summed E-state index contributed by atoms with van der Waals surface area (Å²) < 4.78 is 14.1. The molecule has 2 aromatic carbocycles. The van der Waals surface area contributed by atoms with Gasteiger partial charge in [0.25, 0.3) is 5.03 Å². The van der Waals surface area contributed by atoms with Crippen LogP contribution < -0.4 is 15.4 Å². The second kappa shape index (κ2) is 12.4. The van der Waals surface area contributed by atoms with Gasteiger partial charge in [-0.15, -0.1) is 0 Å². The molecule has 8 nitrogen and oxygen atoms in total. The lowest BCUT2D eigenvalue weighted by Crippen LogP contribution is -2.60. The van der Waals surface area contributed by atoms with E-state index in [9.17, 15) is 15.1 Å². The number of aliphatic hydroxyl groups excluding tert-OH is 1. The molecular formula is C35H41N3O5S. The Bertz CT molecular complexity index is 1450. The van der Waals surface area contributed by atoms with Crippen molar-refractivity contribution in [3.63, 3.8) is 0 Å². The summed E-state index contributed by atoms with van der Waals surface area (Å²) in [6, 6.07) is 20.8. The Morgan fingerprint density at radius 3 is 2.39 bits per heavy atom. The fourth-order valence-electron chi connectivity index (χ4n) is 8.43. The summed E-state index contributed by atoms with van der Waals surface area (Å²) in [5.74, 6) is 2.84. The largest absolute Gasteiger partial charge is 0.618 e. The maximum Gasteiger partial charge on any atom is 0.319 e. The van der Waals surface area contributed by atoms with Gasteiger partial charge < -0.3 is 30.4 Å². The van der Waals surface area contributed by atoms with Crippen LogP contribution in [0.5, 0.6) is 0 Å². The van der Waals surface area contributed by atoms with Crippen LogP contribution in [0.25, 0.3) is 0 Å². The zero-order valence-corrected chi connectivity index (χ0v) is 25.9. The molecule has 3 N–H and O–H groups in total. The number of carbonyl (C=O) groups is 1. The molecule has 5 fully saturated rings. The molecule has 4 saturated carbocycles. The van der Waals surface area contributed by atoms with Crippen LogP contribution in [0.15, 0.2) is 78.0 Å². The standard InChI is InChI=1S/C35H41N3O5S/c1-22-30(21-44-31-7-2-3-12-38(31)41)42-33(43-32(22)27-10-8-23(20-39)9-11-27)28-5-4-6-29(16-28)36-34(40)37-35-17-24-13-25(18-35)15-26(14-24)19-35/h2-12,16,22,24-26,30,32-33,39H,13-15,17-21H2,1H3,(H2,36,37,40). The number of aliphatic hydroxyl groups is 1. The van der Waals surface area contributed by atoms with E-state index in [2.05, 4.69) is 17.6 Å². The molecule has 9 heteroatoms. The van der Waals surface area contributed by atoms with E-state index in [4.69, 9.17) is 9.47 Å². The Morgan fingerprint density at radius 2 is 1.70 bits per heavy atom. The van der Waals surface area contributed by atoms with E-state index >= 15 is 0 Å². The summed E-state index contributed by atoms with van der Waals surface area (Å²) in [5.41, 5.74) is 3.29. The molecule has 4 bridgehead atoms. The molecule has 0 radical (unpaired) electrons. The van der Waals surface area contributed by atoms with Gasteiger partial charge in [-0.2, -0.15) is 4.73 Å². The topological polar surface area (TPSA) is 107 Å². The third-order valence-corrected chi connectivity index (χ3v) is 11.2. The van der Waals surface area contributed by atoms with Gasteiger partial charge >= 0.3 is 6.03 Å². The number of urea groups is 1. The quantitative estimate of drug-likeness (QED) is 0.152. The maximum atomic E-state index is 13.3. The number of rotatable bonds is 8. The first kappa shape index (κ1) is 29.6. The summed E-state index contributed by atoms with van der Waals surface area (Å²) >= 11 is 1.47. The van der Waals surface area contributed by atoms with Crippen LogP contribution in [0.2, 0.25) is 0 Å². The van der Waals surface area contributed by atoms with E-state index < -0.39 is 6.29 Å². The number of ether oxygens (including phenoxy) is 2. The van der Waals surface area contributed by atoms with Crippen molar-refractivity contribution in [3.05, 3.63) is 94.8 Å². The number of anilines is 1. The van der Waals surface area contributed by atoms with Crippen molar-refractivity contribution in [2.75, 3.05) is 11.1 Å². The molecule has 2 heterocycles. The third kappa shape index (κ3) is 6.20. The molecule has 4 unspecified atom stereocenters. The lowest BCUT2D eigenvalue weighted by atomic mass is 9.53. The SMILES string of the molecule is CC1C(CSc2cccc[n+]2[O-])OC(c2cccc(NC(=O)NC34CC5CC(CC(C5)C3)C4)c2)OC1c1ccc(CO)cc1. The highest BCUT2D eigenvalue weighted by atomic mass is 32.2. The zero-order valence-electron chi connectivity index (χ0n) is 25.1. The minimum atomic E-state index is -0.664. The molecule has 2 amide bonds. The van der Waals surface area contributed by atoms with Gasteiger partial charge in [0.15, 0.2) is 12.5 Å². The van der Waals surface area contributed by atoms with Crippen molar-refractivity contribution in [3.8, 4) is 0 Å². The Morgan fingerprint density at radius 1 is 0.977 bits per heavy atom. The fraction of sp³-hybridized carbons (Fsp3) is 0.486. The van der Waals surface area contributed by atoms with E-state index in [0.717, 1.165) is 58.4 Å². The van der Waals surface area contributed by atoms with E-state index in [1.165, 1.54) is 37.2 Å². The van der Waals surface area contributed by atoms with Gasteiger partial charge in [-0.05, 0) is 85.6 Å². The first-order chi connectivity index (χ1) is 21.4. The molecule has 232 valence electrons. The van der Waals surface area contributed by atoms with Gasteiger partial charge in [0.1, 0.15) is 0 Å².